The van der Waals surface area contributed by atoms with E-state index in [4.69, 9.17) is 9.84 Å². The van der Waals surface area contributed by atoms with Crippen molar-refractivity contribution in [2.45, 2.75) is 45.3 Å². The van der Waals surface area contributed by atoms with Crippen molar-refractivity contribution in [1.29, 1.82) is 0 Å². The molecule has 0 aliphatic carbocycles. The van der Waals surface area contributed by atoms with Crippen LogP contribution in [-0.4, -0.2) is 36.4 Å². The molecule has 2 atom stereocenters. The zero-order valence-electron chi connectivity index (χ0n) is 10.0. The number of carboxylic acid groups (broad SMARTS) is 1. The Labute approximate surface area is 96.7 Å². The van der Waals surface area contributed by atoms with Crippen molar-refractivity contribution in [2.24, 2.45) is 0 Å². The zero-order valence-corrected chi connectivity index (χ0v) is 10.0. The van der Waals surface area contributed by atoms with Crippen molar-refractivity contribution in [3.8, 4) is 0 Å². The number of ether oxygens (including phenoxy) is 1. The van der Waals surface area contributed by atoms with E-state index in [1.54, 1.807) is 6.08 Å². The summed E-state index contributed by atoms with van der Waals surface area (Å²) in [4.78, 5) is 10.7. The van der Waals surface area contributed by atoms with E-state index in [2.05, 4.69) is 12.2 Å². The Morgan fingerprint density at radius 2 is 2.38 bits per heavy atom. The molecule has 4 nitrogen and oxygen atoms in total. The van der Waals surface area contributed by atoms with Crippen molar-refractivity contribution in [1.82, 2.24) is 5.32 Å². The maximum atomic E-state index is 10.7. The number of hydrogen-bond acceptors (Lipinski definition) is 3. The van der Waals surface area contributed by atoms with Gasteiger partial charge >= 0.3 is 5.97 Å². The number of carbonyl (C=O) groups is 1. The second-order valence-electron chi connectivity index (χ2n) is 4.20. The number of nitrogens with one attached hydrogen (secondary N) is 1. The summed E-state index contributed by atoms with van der Waals surface area (Å²) in [5.41, 5.74) is 0.479. The molecule has 4 heteroatoms. The normalized spacial score (nSPS) is 26.8. The standard InChI is InChI=1S/C12H21NO3/c1-3-10(12(14)15)4-6-13-11-5-7-16-9(2)8-11/h4,9,11,13H,3,5-8H2,1-2H3,(H,14,15). The minimum atomic E-state index is -0.815. The smallest absolute Gasteiger partial charge is 0.331 e. The molecular weight excluding hydrogens is 206 g/mol. The van der Waals surface area contributed by atoms with Crippen molar-refractivity contribution in [3.05, 3.63) is 11.6 Å². The molecule has 0 aromatic carbocycles. The molecule has 0 bridgehead atoms. The van der Waals surface area contributed by atoms with Crippen molar-refractivity contribution in [3.63, 3.8) is 0 Å². The lowest BCUT2D eigenvalue weighted by Gasteiger charge is -2.27. The van der Waals surface area contributed by atoms with Gasteiger partial charge in [-0.25, -0.2) is 4.79 Å². The Morgan fingerprint density at radius 3 is 2.94 bits per heavy atom. The Kier molecular flexibility index (Phi) is 5.49. The topological polar surface area (TPSA) is 58.6 Å². The van der Waals surface area contributed by atoms with Gasteiger partial charge in [0.15, 0.2) is 0 Å². The lowest BCUT2D eigenvalue weighted by atomic mass is 10.0. The molecular formula is C12H21NO3. The van der Waals surface area contributed by atoms with Gasteiger partial charge in [-0.2, -0.15) is 0 Å². The summed E-state index contributed by atoms with van der Waals surface area (Å²) in [5.74, 6) is -0.815. The summed E-state index contributed by atoms with van der Waals surface area (Å²) in [5, 5.41) is 12.2. The highest BCUT2D eigenvalue weighted by atomic mass is 16.5. The second kappa shape index (κ2) is 6.66. The van der Waals surface area contributed by atoms with Gasteiger partial charge in [-0.3, -0.25) is 0 Å². The summed E-state index contributed by atoms with van der Waals surface area (Å²) in [6.45, 7) is 5.35. The molecule has 1 aliphatic rings. The first-order valence-corrected chi connectivity index (χ1v) is 5.90. The summed E-state index contributed by atoms with van der Waals surface area (Å²) in [7, 11) is 0. The predicted molar refractivity (Wildman–Crippen MR) is 62.4 cm³/mol. The fourth-order valence-electron chi connectivity index (χ4n) is 1.92. The largest absolute Gasteiger partial charge is 0.478 e. The maximum Gasteiger partial charge on any atom is 0.331 e. The molecule has 1 heterocycles. The first kappa shape index (κ1) is 13.2. The number of aliphatic carboxylic acids is 1. The lowest BCUT2D eigenvalue weighted by Crippen LogP contribution is -2.38. The van der Waals surface area contributed by atoms with Gasteiger partial charge in [-0.1, -0.05) is 13.0 Å². The van der Waals surface area contributed by atoms with E-state index in [1.165, 1.54) is 0 Å². The molecule has 0 radical (unpaired) electrons. The van der Waals surface area contributed by atoms with Gasteiger partial charge in [-0.15, -0.1) is 0 Å². The van der Waals surface area contributed by atoms with E-state index in [0.29, 0.717) is 30.7 Å². The summed E-state index contributed by atoms with van der Waals surface area (Å²) in [6, 6.07) is 0.451. The molecule has 0 spiro atoms. The molecule has 0 saturated carbocycles. The summed E-state index contributed by atoms with van der Waals surface area (Å²) < 4.78 is 5.45. The molecule has 92 valence electrons. The van der Waals surface area contributed by atoms with Crippen LogP contribution >= 0.6 is 0 Å². The van der Waals surface area contributed by atoms with Crippen LogP contribution in [0.15, 0.2) is 11.6 Å². The molecule has 1 rings (SSSR count). The molecule has 2 N–H and O–H groups in total. The van der Waals surface area contributed by atoms with Gasteiger partial charge in [-0.05, 0) is 26.2 Å². The fraction of sp³-hybridized carbons (Fsp3) is 0.750. The van der Waals surface area contributed by atoms with Crippen LogP contribution in [0.3, 0.4) is 0 Å². The number of carboxylic acids is 1. The molecule has 0 aromatic heterocycles. The summed E-state index contributed by atoms with van der Waals surface area (Å²) in [6.07, 6.45) is 4.65. The predicted octanol–water partition coefficient (Wildman–Crippen LogP) is 1.56. The van der Waals surface area contributed by atoms with Gasteiger partial charge in [0.1, 0.15) is 0 Å². The SMILES string of the molecule is CCC(=CCNC1CCOC(C)C1)C(=O)O. The van der Waals surface area contributed by atoms with E-state index < -0.39 is 5.97 Å². The third-order valence-electron chi connectivity index (χ3n) is 2.90. The zero-order chi connectivity index (χ0) is 12.0. The first-order chi connectivity index (χ1) is 7.63. The van der Waals surface area contributed by atoms with Crippen molar-refractivity contribution >= 4 is 5.97 Å². The Hall–Kier alpha value is -0.870. The first-order valence-electron chi connectivity index (χ1n) is 5.90. The molecule has 1 aliphatic heterocycles. The monoisotopic (exact) mass is 227 g/mol. The molecule has 16 heavy (non-hydrogen) atoms. The molecule has 1 fully saturated rings. The van der Waals surface area contributed by atoms with Crippen LogP contribution in [0.2, 0.25) is 0 Å². The van der Waals surface area contributed by atoms with Crippen LogP contribution in [0.25, 0.3) is 0 Å². The number of hydrogen-bond donors (Lipinski definition) is 2. The van der Waals surface area contributed by atoms with Gasteiger partial charge in [0.05, 0.1) is 6.10 Å². The van der Waals surface area contributed by atoms with Crippen LogP contribution in [0.5, 0.6) is 0 Å². The quantitative estimate of drug-likeness (QED) is 0.700. The van der Waals surface area contributed by atoms with Crippen molar-refractivity contribution in [2.75, 3.05) is 13.2 Å². The van der Waals surface area contributed by atoms with E-state index in [-0.39, 0.29) is 0 Å². The van der Waals surface area contributed by atoms with Gasteiger partial charge in [0.2, 0.25) is 0 Å². The van der Waals surface area contributed by atoms with Gasteiger partial charge < -0.3 is 15.2 Å². The highest BCUT2D eigenvalue weighted by Crippen LogP contribution is 2.12. The molecule has 0 aromatic rings. The van der Waals surface area contributed by atoms with Crippen LogP contribution in [-0.2, 0) is 9.53 Å². The van der Waals surface area contributed by atoms with Crippen LogP contribution in [0, 0.1) is 0 Å². The van der Waals surface area contributed by atoms with Gasteiger partial charge in [0.25, 0.3) is 0 Å². The minimum absolute atomic E-state index is 0.306. The highest BCUT2D eigenvalue weighted by Gasteiger charge is 2.18. The fourth-order valence-corrected chi connectivity index (χ4v) is 1.92. The Morgan fingerprint density at radius 1 is 1.62 bits per heavy atom. The van der Waals surface area contributed by atoms with Gasteiger partial charge in [0, 0.05) is 24.8 Å². The van der Waals surface area contributed by atoms with Crippen LogP contribution in [0.1, 0.15) is 33.1 Å². The van der Waals surface area contributed by atoms with Crippen LogP contribution in [0.4, 0.5) is 0 Å². The third kappa shape index (κ3) is 4.33. The van der Waals surface area contributed by atoms with E-state index >= 15 is 0 Å². The number of rotatable bonds is 5. The summed E-state index contributed by atoms with van der Waals surface area (Å²) >= 11 is 0. The average Bonchev–Trinajstić information content (AvgIpc) is 2.24. The molecule has 0 amide bonds. The molecule has 2 unspecified atom stereocenters. The van der Waals surface area contributed by atoms with E-state index in [1.807, 2.05) is 6.92 Å². The second-order valence-corrected chi connectivity index (χ2v) is 4.20. The third-order valence-corrected chi connectivity index (χ3v) is 2.90. The minimum Gasteiger partial charge on any atom is -0.478 e. The highest BCUT2D eigenvalue weighted by molar-refractivity contribution is 5.86. The van der Waals surface area contributed by atoms with Crippen LogP contribution < -0.4 is 5.32 Å². The van der Waals surface area contributed by atoms with E-state index in [0.717, 1.165) is 19.4 Å². The Bertz CT molecular complexity index is 263. The van der Waals surface area contributed by atoms with Crippen molar-refractivity contribution < 1.29 is 14.6 Å². The van der Waals surface area contributed by atoms with E-state index in [9.17, 15) is 4.79 Å². The molecule has 1 saturated heterocycles. The lowest BCUT2D eigenvalue weighted by molar-refractivity contribution is -0.132. The maximum absolute atomic E-state index is 10.7. The average molecular weight is 227 g/mol. The Balaban J connectivity index is 2.31.